The maximum absolute atomic E-state index is 12.5. The van der Waals surface area contributed by atoms with E-state index in [4.69, 9.17) is 14.2 Å². The fourth-order valence-electron chi connectivity index (χ4n) is 2.74. The van der Waals surface area contributed by atoms with Crippen molar-refractivity contribution < 1.29 is 19.0 Å². The molecule has 0 aliphatic carbocycles. The number of carbonyl (C=O) groups is 1. The molecule has 32 heavy (non-hydrogen) atoms. The summed E-state index contributed by atoms with van der Waals surface area (Å²) in [6, 6.07) is 16.6. The monoisotopic (exact) mass is 624 g/mol. The van der Waals surface area contributed by atoms with Crippen LogP contribution in [0.2, 0.25) is 0 Å². The first-order valence-corrected chi connectivity index (χ1v) is 11.7. The Kier molecular flexibility index (Phi) is 8.72. The molecular weight excluding hydrogens is 608 g/mol. The molecule has 3 rings (SSSR count). The molecule has 3 aromatic carbocycles. The molecule has 0 aliphatic rings. The lowest BCUT2D eigenvalue weighted by atomic mass is 10.2. The van der Waals surface area contributed by atoms with Crippen LogP contribution in [0.1, 0.15) is 21.5 Å². The van der Waals surface area contributed by atoms with E-state index in [2.05, 4.69) is 58.3 Å². The zero-order valence-electron chi connectivity index (χ0n) is 17.2. The van der Waals surface area contributed by atoms with Crippen molar-refractivity contribution in [2.24, 2.45) is 5.10 Å². The van der Waals surface area contributed by atoms with E-state index in [-0.39, 0.29) is 0 Å². The molecule has 1 N–H and O–H groups in total. The van der Waals surface area contributed by atoms with Crippen molar-refractivity contribution in [3.05, 3.63) is 84.7 Å². The lowest BCUT2D eigenvalue weighted by Crippen LogP contribution is -2.18. The highest BCUT2D eigenvalue weighted by molar-refractivity contribution is 9.11. The Morgan fingerprint density at radius 2 is 1.66 bits per heavy atom. The average Bonchev–Trinajstić information content (AvgIpc) is 2.79. The number of hydrogen-bond acceptors (Lipinski definition) is 5. The standard InChI is InChI=1S/C23H19Br3N2O4/c1-30-17-7-8-18(21(11-17)31-2)23(29)28-27-12-15-9-19(25)22(20(26)10-15)32-13-14-3-5-16(24)6-4-14/h3-12H,13H2,1-2H3,(H,28,29)/b27-12-. The first-order valence-electron chi connectivity index (χ1n) is 9.33. The van der Waals surface area contributed by atoms with E-state index in [0.717, 1.165) is 24.5 Å². The van der Waals surface area contributed by atoms with Gasteiger partial charge in [-0.2, -0.15) is 5.10 Å². The summed E-state index contributed by atoms with van der Waals surface area (Å²) in [6.45, 7) is 0.428. The van der Waals surface area contributed by atoms with Crippen LogP contribution in [0.15, 0.2) is 73.1 Å². The molecule has 0 aliphatic heterocycles. The van der Waals surface area contributed by atoms with Crippen molar-refractivity contribution in [3.63, 3.8) is 0 Å². The minimum absolute atomic E-state index is 0.351. The van der Waals surface area contributed by atoms with E-state index < -0.39 is 5.91 Å². The van der Waals surface area contributed by atoms with Crippen molar-refractivity contribution in [2.75, 3.05) is 14.2 Å². The number of hydrogen-bond donors (Lipinski definition) is 1. The van der Waals surface area contributed by atoms with Gasteiger partial charge in [-0.05, 0) is 79.4 Å². The lowest BCUT2D eigenvalue weighted by Gasteiger charge is -2.11. The van der Waals surface area contributed by atoms with Crippen LogP contribution in [0.5, 0.6) is 17.2 Å². The summed E-state index contributed by atoms with van der Waals surface area (Å²) in [4.78, 5) is 12.5. The highest BCUT2D eigenvalue weighted by Crippen LogP contribution is 2.35. The smallest absolute Gasteiger partial charge is 0.275 e. The normalized spacial score (nSPS) is 10.8. The van der Waals surface area contributed by atoms with Gasteiger partial charge in [-0.1, -0.05) is 28.1 Å². The zero-order chi connectivity index (χ0) is 23.1. The Morgan fingerprint density at radius 3 is 2.28 bits per heavy atom. The first-order chi connectivity index (χ1) is 15.4. The van der Waals surface area contributed by atoms with Gasteiger partial charge in [0, 0.05) is 10.5 Å². The summed E-state index contributed by atoms with van der Waals surface area (Å²) < 4.78 is 18.9. The molecule has 0 aromatic heterocycles. The minimum atomic E-state index is -0.395. The van der Waals surface area contributed by atoms with E-state index >= 15 is 0 Å². The van der Waals surface area contributed by atoms with E-state index in [1.54, 1.807) is 31.5 Å². The number of amides is 1. The van der Waals surface area contributed by atoms with Gasteiger partial charge in [0.1, 0.15) is 23.9 Å². The topological polar surface area (TPSA) is 69.2 Å². The Morgan fingerprint density at radius 1 is 0.969 bits per heavy atom. The molecule has 0 radical (unpaired) electrons. The van der Waals surface area contributed by atoms with Crippen LogP contribution in [-0.4, -0.2) is 26.3 Å². The Bertz CT molecular complexity index is 1110. The summed E-state index contributed by atoms with van der Waals surface area (Å²) in [5.41, 5.74) is 4.68. The zero-order valence-corrected chi connectivity index (χ0v) is 22.0. The summed E-state index contributed by atoms with van der Waals surface area (Å²) in [5, 5.41) is 4.05. The second kappa shape index (κ2) is 11.5. The predicted octanol–water partition coefficient (Wildman–Crippen LogP) is 6.33. The van der Waals surface area contributed by atoms with Crippen molar-refractivity contribution in [1.82, 2.24) is 5.43 Å². The van der Waals surface area contributed by atoms with Crippen LogP contribution < -0.4 is 19.6 Å². The third-order valence-electron chi connectivity index (χ3n) is 4.35. The number of ether oxygens (including phenoxy) is 3. The summed E-state index contributed by atoms with van der Waals surface area (Å²) in [6.07, 6.45) is 1.54. The van der Waals surface area contributed by atoms with Gasteiger partial charge in [-0.3, -0.25) is 4.79 Å². The molecule has 166 valence electrons. The number of carbonyl (C=O) groups excluding carboxylic acids is 1. The fourth-order valence-corrected chi connectivity index (χ4v) is 4.45. The molecule has 1 amide bonds. The number of benzene rings is 3. The van der Waals surface area contributed by atoms with Crippen LogP contribution in [0.25, 0.3) is 0 Å². The van der Waals surface area contributed by atoms with Crippen molar-refractivity contribution in [3.8, 4) is 17.2 Å². The number of nitrogens with zero attached hydrogens (tertiary/aromatic N) is 1. The molecule has 9 heteroatoms. The lowest BCUT2D eigenvalue weighted by molar-refractivity contribution is 0.0952. The maximum Gasteiger partial charge on any atom is 0.275 e. The second-order valence-electron chi connectivity index (χ2n) is 6.49. The molecule has 0 bridgehead atoms. The highest BCUT2D eigenvalue weighted by Gasteiger charge is 2.13. The molecule has 0 atom stereocenters. The maximum atomic E-state index is 12.5. The van der Waals surface area contributed by atoms with E-state index in [1.165, 1.54) is 7.11 Å². The Labute approximate surface area is 211 Å². The minimum Gasteiger partial charge on any atom is -0.497 e. The van der Waals surface area contributed by atoms with Gasteiger partial charge in [0.25, 0.3) is 5.91 Å². The summed E-state index contributed by atoms with van der Waals surface area (Å²) in [7, 11) is 3.04. The second-order valence-corrected chi connectivity index (χ2v) is 9.12. The van der Waals surface area contributed by atoms with Gasteiger partial charge in [0.2, 0.25) is 0 Å². The molecule has 0 saturated carbocycles. The molecule has 3 aromatic rings. The molecule has 0 heterocycles. The van der Waals surface area contributed by atoms with Crippen LogP contribution in [-0.2, 0) is 6.61 Å². The third-order valence-corrected chi connectivity index (χ3v) is 6.06. The summed E-state index contributed by atoms with van der Waals surface area (Å²) in [5.74, 6) is 1.28. The predicted molar refractivity (Wildman–Crippen MR) is 135 cm³/mol. The summed E-state index contributed by atoms with van der Waals surface area (Å²) >= 11 is 10.5. The first kappa shape index (κ1) is 24.3. The Hall–Kier alpha value is -2.36. The van der Waals surface area contributed by atoms with Crippen molar-refractivity contribution in [2.45, 2.75) is 6.61 Å². The van der Waals surface area contributed by atoms with Crippen LogP contribution in [0.3, 0.4) is 0 Å². The van der Waals surface area contributed by atoms with E-state index in [0.29, 0.717) is 29.4 Å². The number of hydrazone groups is 1. The van der Waals surface area contributed by atoms with Gasteiger partial charge in [0.15, 0.2) is 0 Å². The third kappa shape index (κ3) is 6.34. The number of halogens is 3. The largest absolute Gasteiger partial charge is 0.497 e. The molecule has 0 fully saturated rings. The van der Waals surface area contributed by atoms with Gasteiger partial charge in [-0.15, -0.1) is 0 Å². The van der Waals surface area contributed by atoms with Crippen molar-refractivity contribution >= 4 is 59.9 Å². The van der Waals surface area contributed by atoms with Gasteiger partial charge >= 0.3 is 0 Å². The Balaban J connectivity index is 1.66. The number of rotatable bonds is 8. The average molecular weight is 627 g/mol. The number of nitrogens with one attached hydrogen (secondary N) is 1. The quantitative estimate of drug-likeness (QED) is 0.234. The van der Waals surface area contributed by atoms with E-state index in [9.17, 15) is 4.79 Å². The van der Waals surface area contributed by atoms with E-state index in [1.807, 2.05) is 36.4 Å². The number of methoxy groups -OCH3 is 2. The molecule has 6 nitrogen and oxygen atoms in total. The molecule has 0 spiro atoms. The van der Waals surface area contributed by atoms with Gasteiger partial charge < -0.3 is 14.2 Å². The molecular formula is C23H19Br3N2O4. The van der Waals surface area contributed by atoms with Crippen molar-refractivity contribution in [1.29, 1.82) is 0 Å². The SMILES string of the molecule is COc1ccc(C(=O)N/N=C\c2cc(Br)c(OCc3ccc(Br)cc3)c(Br)c2)c(OC)c1. The van der Waals surface area contributed by atoms with Gasteiger partial charge in [0.05, 0.1) is 34.9 Å². The van der Waals surface area contributed by atoms with Gasteiger partial charge in [-0.25, -0.2) is 5.43 Å². The fraction of sp³-hybridized carbons (Fsp3) is 0.130. The highest BCUT2D eigenvalue weighted by atomic mass is 79.9. The van der Waals surface area contributed by atoms with Crippen LogP contribution >= 0.6 is 47.8 Å². The van der Waals surface area contributed by atoms with Crippen LogP contribution in [0.4, 0.5) is 0 Å². The molecule has 0 unspecified atom stereocenters. The van der Waals surface area contributed by atoms with Crippen LogP contribution in [0, 0.1) is 0 Å². The molecule has 0 saturated heterocycles.